The Hall–Kier alpha value is -5.07. The Morgan fingerprint density at radius 3 is 2.26 bits per heavy atom. The maximum atomic E-state index is 13.0. The molecule has 4 aromatic rings. The number of halogens is 5. The van der Waals surface area contributed by atoms with Crippen LogP contribution in [0.1, 0.15) is 21.6 Å². The third-order valence-corrected chi connectivity index (χ3v) is 5.98. The van der Waals surface area contributed by atoms with Crippen LogP contribution in [-0.2, 0) is 11.0 Å². The first-order valence-electron chi connectivity index (χ1n) is 12.2. The van der Waals surface area contributed by atoms with Crippen LogP contribution in [0.2, 0.25) is 10.0 Å². The molecule has 0 aliphatic carbocycles. The molecule has 14 heteroatoms. The van der Waals surface area contributed by atoms with Crippen molar-refractivity contribution in [3.63, 3.8) is 0 Å². The summed E-state index contributed by atoms with van der Waals surface area (Å²) in [6, 6.07) is 18.0. The van der Waals surface area contributed by atoms with Crippen molar-refractivity contribution < 1.29 is 32.3 Å². The molecule has 4 N–H and O–H groups in total. The lowest BCUT2D eigenvalue weighted by molar-refractivity contribution is -0.137. The molecule has 0 radical (unpaired) electrons. The van der Waals surface area contributed by atoms with E-state index in [-0.39, 0.29) is 17.1 Å². The first-order chi connectivity index (χ1) is 20.5. The summed E-state index contributed by atoms with van der Waals surface area (Å²) in [6.07, 6.45) is -0.582. The van der Waals surface area contributed by atoms with Crippen LogP contribution in [0.5, 0.6) is 11.5 Å². The summed E-state index contributed by atoms with van der Waals surface area (Å²) in [5, 5.41) is 4.84. The number of hydrogen-bond donors (Lipinski definition) is 4. The lowest BCUT2D eigenvalue weighted by Gasteiger charge is -2.12. The molecule has 0 atom stereocenters. The van der Waals surface area contributed by atoms with Gasteiger partial charge in [-0.2, -0.15) is 13.2 Å². The number of amides is 4. The number of carbonyl (C=O) groups is 3. The van der Waals surface area contributed by atoms with Crippen molar-refractivity contribution in [3.8, 4) is 11.5 Å². The molecule has 0 spiro atoms. The summed E-state index contributed by atoms with van der Waals surface area (Å²) in [5.74, 6) is -0.671. The van der Waals surface area contributed by atoms with Gasteiger partial charge in [0.1, 0.15) is 17.2 Å². The van der Waals surface area contributed by atoms with Crippen LogP contribution < -0.4 is 26.2 Å². The van der Waals surface area contributed by atoms with Crippen molar-refractivity contribution in [1.29, 1.82) is 0 Å². The van der Waals surface area contributed by atoms with Crippen molar-refractivity contribution in [1.82, 2.24) is 15.8 Å². The first kappa shape index (κ1) is 30.9. The molecule has 0 fully saturated rings. The van der Waals surface area contributed by atoms with Crippen LogP contribution in [-0.4, -0.2) is 22.8 Å². The Morgan fingerprint density at radius 2 is 1.53 bits per heavy atom. The molecule has 4 amide bonds. The molecule has 220 valence electrons. The lowest BCUT2D eigenvalue weighted by atomic mass is 10.2. The second-order valence-corrected chi connectivity index (χ2v) is 9.45. The van der Waals surface area contributed by atoms with Crippen LogP contribution in [0, 0.1) is 0 Å². The van der Waals surface area contributed by atoms with Gasteiger partial charge in [0, 0.05) is 34.7 Å². The Balaban J connectivity index is 1.29. The maximum absolute atomic E-state index is 13.0. The van der Waals surface area contributed by atoms with E-state index in [1.807, 2.05) is 0 Å². The van der Waals surface area contributed by atoms with Gasteiger partial charge < -0.3 is 15.4 Å². The topological polar surface area (TPSA) is 121 Å². The quantitative estimate of drug-likeness (QED) is 0.126. The van der Waals surface area contributed by atoms with Crippen molar-refractivity contribution in [3.05, 3.63) is 118 Å². The summed E-state index contributed by atoms with van der Waals surface area (Å²) in [6.45, 7) is 0. The molecule has 9 nitrogen and oxygen atoms in total. The minimum Gasteiger partial charge on any atom is -0.457 e. The highest BCUT2D eigenvalue weighted by Gasteiger charge is 2.33. The Kier molecular flexibility index (Phi) is 9.86. The Morgan fingerprint density at radius 1 is 0.814 bits per heavy atom. The third kappa shape index (κ3) is 9.21. The molecule has 0 aliphatic heterocycles. The monoisotopic (exact) mass is 629 g/mol. The number of nitrogens with zero attached hydrogens (tertiary/aromatic N) is 1. The number of pyridine rings is 1. The zero-order chi connectivity index (χ0) is 31.0. The summed E-state index contributed by atoms with van der Waals surface area (Å²) >= 11 is 11.5. The average Bonchev–Trinajstić information content (AvgIpc) is 2.96. The highest BCUT2D eigenvalue weighted by atomic mass is 35.5. The fourth-order valence-electron chi connectivity index (χ4n) is 3.46. The zero-order valence-electron chi connectivity index (χ0n) is 21.7. The summed E-state index contributed by atoms with van der Waals surface area (Å²) in [7, 11) is 0. The van der Waals surface area contributed by atoms with Crippen molar-refractivity contribution in [2.75, 3.05) is 10.6 Å². The van der Waals surface area contributed by atoms with Gasteiger partial charge in [0.2, 0.25) is 0 Å². The number of anilines is 2. The van der Waals surface area contributed by atoms with E-state index in [0.29, 0.717) is 22.0 Å². The summed E-state index contributed by atoms with van der Waals surface area (Å²) in [5.41, 5.74) is 4.32. The van der Waals surface area contributed by atoms with Crippen LogP contribution >= 0.6 is 23.2 Å². The van der Waals surface area contributed by atoms with Crippen LogP contribution in [0.4, 0.5) is 29.3 Å². The molecule has 1 heterocycles. The summed E-state index contributed by atoms with van der Waals surface area (Å²) in [4.78, 5) is 40.7. The van der Waals surface area contributed by atoms with Gasteiger partial charge in [0.25, 0.3) is 11.8 Å². The van der Waals surface area contributed by atoms with Gasteiger partial charge >= 0.3 is 12.2 Å². The van der Waals surface area contributed by atoms with Gasteiger partial charge in [-0.05, 0) is 72.3 Å². The van der Waals surface area contributed by atoms with Crippen LogP contribution in [0.3, 0.4) is 0 Å². The molecule has 0 aliphatic rings. The molecule has 0 saturated carbocycles. The Bertz CT molecular complexity index is 1680. The Labute approximate surface area is 252 Å². The number of ether oxygens (including phenoxy) is 1. The zero-order valence-corrected chi connectivity index (χ0v) is 23.2. The predicted molar refractivity (Wildman–Crippen MR) is 156 cm³/mol. The largest absolute Gasteiger partial charge is 0.457 e. The fourth-order valence-corrected chi connectivity index (χ4v) is 3.88. The highest BCUT2D eigenvalue weighted by Crippen LogP contribution is 2.36. The SMILES string of the molecule is O=C(C=Cc1cccc(Cl)c1)NNC(=O)c1cc(Oc2ccc(NC(=O)Nc3ccc(Cl)c(C(F)(F)F)c3)cc2)ccn1. The van der Waals surface area contributed by atoms with E-state index < -0.39 is 34.6 Å². The maximum Gasteiger partial charge on any atom is 0.417 e. The standard InChI is InChI=1S/C29H20Cl2F3N5O4/c30-18-3-1-2-17(14-18)4-11-26(40)38-39-27(41)25-16-22(12-13-35-25)43-21-8-5-19(6-9-21)36-28(42)37-20-7-10-24(31)23(15-20)29(32,33)34/h1-16H,(H,38,40)(H,39,41)(H2,36,37,42). The number of hydrazine groups is 1. The predicted octanol–water partition coefficient (Wildman–Crippen LogP) is 7.32. The average molecular weight is 630 g/mol. The first-order valence-corrected chi connectivity index (χ1v) is 12.9. The van der Waals surface area contributed by atoms with Gasteiger partial charge in [-0.25, -0.2) is 4.79 Å². The molecular weight excluding hydrogens is 610 g/mol. The van der Waals surface area contributed by atoms with Gasteiger partial charge in [-0.1, -0.05) is 35.3 Å². The molecule has 0 bridgehead atoms. The molecule has 43 heavy (non-hydrogen) atoms. The molecule has 4 rings (SSSR count). The van der Waals surface area contributed by atoms with E-state index in [9.17, 15) is 27.6 Å². The van der Waals surface area contributed by atoms with Crippen LogP contribution in [0.25, 0.3) is 6.08 Å². The number of urea groups is 1. The van der Waals surface area contributed by atoms with Crippen LogP contribution in [0.15, 0.2) is 91.1 Å². The fraction of sp³-hybridized carbons (Fsp3) is 0.0345. The van der Waals surface area contributed by atoms with Crippen molar-refractivity contribution in [2.45, 2.75) is 6.18 Å². The lowest BCUT2D eigenvalue weighted by Crippen LogP contribution is -2.41. The molecular formula is C29H20Cl2F3N5O4. The van der Waals surface area contributed by atoms with E-state index in [1.54, 1.807) is 24.3 Å². The van der Waals surface area contributed by atoms with E-state index in [0.717, 1.165) is 12.1 Å². The number of alkyl halides is 3. The molecule has 0 unspecified atom stereocenters. The van der Waals surface area contributed by atoms with Gasteiger partial charge in [-0.15, -0.1) is 0 Å². The van der Waals surface area contributed by atoms with E-state index >= 15 is 0 Å². The minimum atomic E-state index is -4.67. The van der Waals surface area contributed by atoms with Gasteiger partial charge in [0.15, 0.2) is 0 Å². The number of benzene rings is 3. The minimum absolute atomic E-state index is 0.0394. The number of aromatic nitrogens is 1. The number of hydrogen-bond acceptors (Lipinski definition) is 5. The van der Waals surface area contributed by atoms with Crippen molar-refractivity contribution in [2.24, 2.45) is 0 Å². The second kappa shape index (κ2) is 13.7. The van der Waals surface area contributed by atoms with E-state index in [1.165, 1.54) is 60.8 Å². The van der Waals surface area contributed by atoms with E-state index in [4.69, 9.17) is 27.9 Å². The summed E-state index contributed by atoms with van der Waals surface area (Å²) < 4.78 is 44.9. The van der Waals surface area contributed by atoms with Gasteiger partial charge in [0.05, 0.1) is 10.6 Å². The van der Waals surface area contributed by atoms with Gasteiger partial charge in [-0.3, -0.25) is 25.4 Å². The molecule has 1 aromatic heterocycles. The number of carbonyl (C=O) groups excluding carboxylic acids is 3. The highest BCUT2D eigenvalue weighted by molar-refractivity contribution is 6.31. The second-order valence-electron chi connectivity index (χ2n) is 8.61. The van der Waals surface area contributed by atoms with E-state index in [2.05, 4.69) is 26.5 Å². The third-order valence-electron chi connectivity index (χ3n) is 5.42. The normalized spacial score (nSPS) is 11.1. The molecule has 0 saturated heterocycles. The smallest absolute Gasteiger partial charge is 0.417 e. The number of nitrogens with one attached hydrogen (secondary N) is 4. The van der Waals surface area contributed by atoms with Crippen molar-refractivity contribution >= 4 is 58.5 Å². The molecule has 3 aromatic carbocycles. The number of rotatable bonds is 7.